The highest BCUT2D eigenvalue weighted by molar-refractivity contribution is 4.99. The van der Waals surface area contributed by atoms with Crippen molar-refractivity contribution in [1.82, 2.24) is 0 Å². The van der Waals surface area contributed by atoms with E-state index in [2.05, 4.69) is 27.7 Å². The molecule has 1 unspecified atom stereocenters. The first-order valence-electron chi connectivity index (χ1n) is 4.91. The van der Waals surface area contributed by atoms with E-state index in [9.17, 15) is 0 Å². The summed E-state index contributed by atoms with van der Waals surface area (Å²) in [5.74, 6) is 1.02. The molecule has 2 N–H and O–H groups in total. The monoisotopic (exact) mass is 171 g/mol. The fourth-order valence-corrected chi connectivity index (χ4v) is 2.55. The summed E-state index contributed by atoms with van der Waals surface area (Å²) < 4.78 is 5.85. The van der Waals surface area contributed by atoms with Crippen LogP contribution in [0, 0.1) is 11.8 Å². The van der Waals surface area contributed by atoms with Crippen LogP contribution in [0.3, 0.4) is 0 Å². The fourth-order valence-electron chi connectivity index (χ4n) is 2.55. The van der Waals surface area contributed by atoms with Gasteiger partial charge in [0.05, 0.1) is 5.60 Å². The quantitative estimate of drug-likeness (QED) is 0.687. The van der Waals surface area contributed by atoms with Gasteiger partial charge < -0.3 is 10.5 Å². The first kappa shape index (κ1) is 10.0. The van der Waals surface area contributed by atoms with Gasteiger partial charge in [0.1, 0.15) is 0 Å². The molecule has 1 saturated heterocycles. The molecule has 1 aliphatic rings. The molecule has 0 aromatic heterocycles. The van der Waals surface area contributed by atoms with Crippen molar-refractivity contribution in [2.45, 2.75) is 45.8 Å². The zero-order chi connectivity index (χ0) is 9.35. The third-order valence-electron chi connectivity index (χ3n) is 3.17. The zero-order valence-electron chi connectivity index (χ0n) is 8.63. The summed E-state index contributed by atoms with van der Waals surface area (Å²) in [5.41, 5.74) is 6.02. The Morgan fingerprint density at radius 1 is 1.25 bits per heavy atom. The Bertz CT molecular complexity index is 146. The first-order chi connectivity index (χ1) is 5.51. The van der Waals surface area contributed by atoms with Crippen molar-refractivity contribution < 1.29 is 4.74 Å². The molecule has 72 valence electrons. The topological polar surface area (TPSA) is 35.2 Å². The van der Waals surface area contributed by atoms with E-state index in [1.54, 1.807) is 0 Å². The molecule has 0 amide bonds. The van der Waals surface area contributed by atoms with E-state index < -0.39 is 0 Å². The van der Waals surface area contributed by atoms with Crippen LogP contribution in [0.2, 0.25) is 0 Å². The van der Waals surface area contributed by atoms with E-state index in [-0.39, 0.29) is 11.6 Å². The molecule has 1 rings (SSSR count). The molecule has 0 aromatic carbocycles. The normalized spacial score (nSPS) is 28.8. The third kappa shape index (κ3) is 1.27. The van der Waals surface area contributed by atoms with E-state index in [1.807, 2.05) is 0 Å². The molecule has 0 spiro atoms. The standard InChI is InChI=1S/C10H21NO/c1-7(2)10(8(3)4)9(11)5-6-12-10/h7-9H,5-6,11H2,1-4H3. The third-order valence-corrected chi connectivity index (χ3v) is 3.17. The van der Waals surface area contributed by atoms with E-state index in [4.69, 9.17) is 10.5 Å². The van der Waals surface area contributed by atoms with Gasteiger partial charge in [-0.2, -0.15) is 0 Å². The minimum absolute atomic E-state index is 0.0694. The maximum atomic E-state index is 6.09. The van der Waals surface area contributed by atoms with Gasteiger partial charge in [-0.3, -0.25) is 0 Å². The lowest BCUT2D eigenvalue weighted by atomic mass is 9.75. The van der Waals surface area contributed by atoms with Crippen molar-refractivity contribution in [1.29, 1.82) is 0 Å². The van der Waals surface area contributed by atoms with Crippen molar-refractivity contribution in [3.8, 4) is 0 Å². The lowest BCUT2D eigenvalue weighted by Crippen LogP contribution is -2.52. The van der Waals surface area contributed by atoms with Crippen LogP contribution in [0.5, 0.6) is 0 Å². The molecule has 1 aliphatic heterocycles. The van der Waals surface area contributed by atoms with Gasteiger partial charge in [0.15, 0.2) is 0 Å². The summed E-state index contributed by atoms with van der Waals surface area (Å²) >= 11 is 0. The summed E-state index contributed by atoms with van der Waals surface area (Å²) in [4.78, 5) is 0. The Labute approximate surface area is 75.5 Å². The molecule has 2 heteroatoms. The molecule has 1 heterocycles. The molecule has 0 bridgehead atoms. The molecule has 0 aliphatic carbocycles. The molecular formula is C10H21NO. The largest absolute Gasteiger partial charge is 0.373 e. The van der Waals surface area contributed by atoms with Crippen molar-refractivity contribution in [2.75, 3.05) is 6.61 Å². The van der Waals surface area contributed by atoms with E-state index in [0.29, 0.717) is 11.8 Å². The zero-order valence-corrected chi connectivity index (χ0v) is 8.63. The van der Waals surface area contributed by atoms with Crippen molar-refractivity contribution in [2.24, 2.45) is 17.6 Å². The predicted molar refractivity (Wildman–Crippen MR) is 51.0 cm³/mol. The van der Waals surface area contributed by atoms with Crippen LogP contribution in [-0.4, -0.2) is 18.2 Å². The van der Waals surface area contributed by atoms with Crippen LogP contribution in [-0.2, 0) is 4.74 Å². The Hall–Kier alpha value is -0.0800. The van der Waals surface area contributed by atoms with E-state index in [0.717, 1.165) is 13.0 Å². The molecule has 0 radical (unpaired) electrons. The Balaban J connectivity index is 2.85. The van der Waals surface area contributed by atoms with Crippen molar-refractivity contribution in [3.63, 3.8) is 0 Å². The van der Waals surface area contributed by atoms with Gasteiger partial charge in [-0.25, -0.2) is 0 Å². The van der Waals surface area contributed by atoms with Crippen LogP contribution >= 0.6 is 0 Å². The maximum Gasteiger partial charge on any atom is 0.0878 e. The Morgan fingerprint density at radius 3 is 1.92 bits per heavy atom. The second-order valence-electron chi connectivity index (χ2n) is 4.41. The van der Waals surface area contributed by atoms with Gasteiger partial charge in [0.25, 0.3) is 0 Å². The Kier molecular flexibility index (Phi) is 2.79. The predicted octanol–water partition coefficient (Wildman–Crippen LogP) is 1.78. The average Bonchev–Trinajstić information content (AvgIpc) is 2.31. The van der Waals surface area contributed by atoms with Gasteiger partial charge >= 0.3 is 0 Å². The second-order valence-corrected chi connectivity index (χ2v) is 4.41. The maximum absolute atomic E-state index is 6.09. The second kappa shape index (κ2) is 3.35. The van der Waals surface area contributed by atoms with Gasteiger partial charge in [0.2, 0.25) is 0 Å². The van der Waals surface area contributed by atoms with E-state index in [1.165, 1.54) is 0 Å². The summed E-state index contributed by atoms with van der Waals surface area (Å²) in [6.45, 7) is 9.63. The van der Waals surface area contributed by atoms with Gasteiger partial charge in [-0.05, 0) is 18.3 Å². The fraction of sp³-hybridized carbons (Fsp3) is 1.00. The lowest BCUT2D eigenvalue weighted by Gasteiger charge is -2.40. The first-order valence-corrected chi connectivity index (χ1v) is 4.91. The number of nitrogens with two attached hydrogens (primary N) is 1. The number of hydrogen-bond donors (Lipinski definition) is 1. The van der Waals surface area contributed by atoms with Gasteiger partial charge in [-0.1, -0.05) is 27.7 Å². The molecule has 0 saturated carbocycles. The highest BCUT2D eigenvalue weighted by atomic mass is 16.5. The highest BCUT2D eigenvalue weighted by Gasteiger charge is 2.47. The van der Waals surface area contributed by atoms with Crippen LogP contribution in [0.25, 0.3) is 0 Å². The minimum atomic E-state index is -0.0694. The van der Waals surface area contributed by atoms with Crippen LogP contribution in [0.15, 0.2) is 0 Å². The summed E-state index contributed by atoms with van der Waals surface area (Å²) in [6.07, 6.45) is 1.01. The molecule has 0 aromatic rings. The minimum Gasteiger partial charge on any atom is -0.373 e. The molecular weight excluding hydrogens is 150 g/mol. The van der Waals surface area contributed by atoms with Gasteiger partial charge in [-0.15, -0.1) is 0 Å². The molecule has 2 nitrogen and oxygen atoms in total. The van der Waals surface area contributed by atoms with Crippen molar-refractivity contribution >= 4 is 0 Å². The molecule has 12 heavy (non-hydrogen) atoms. The summed E-state index contributed by atoms with van der Waals surface area (Å²) in [5, 5.41) is 0. The van der Waals surface area contributed by atoms with Crippen LogP contribution < -0.4 is 5.73 Å². The van der Waals surface area contributed by atoms with Crippen LogP contribution in [0.4, 0.5) is 0 Å². The van der Waals surface area contributed by atoms with E-state index >= 15 is 0 Å². The molecule has 1 atom stereocenters. The van der Waals surface area contributed by atoms with Gasteiger partial charge in [0, 0.05) is 12.6 Å². The number of hydrogen-bond acceptors (Lipinski definition) is 2. The SMILES string of the molecule is CC(C)C1(C(C)C)OCCC1N. The highest BCUT2D eigenvalue weighted by Crippen LogP contribution is 2.38. The number of ether oxygens (including phenoxy) is 1. The number of rotatable bonds is 2. The average molecular weight is 171 g/mol. The smallest absolute Gasteiger partial charge is 0.0878 e. The lowest BCUT2D eigenvalue weighted by molar-refractivity contribution is -0.0764. The van der Waals surface area contributed by atoms with Crippen LogP contribution in [0.1, 0.15) is 34.1 Å². The molecule has 1 fully saturated rings. The summed E-state index contributed by atoms with van der Waals surface area (Å²) in [6, 6.07) is 0.220. The van der Waals surface area contributed by atoms with Crippen molar-refractivity contribution in [3.05, 3.63) is 0 Å². The Morgan fingerprint density at radius 2 is 1.75 bits per heavy atom. The summed E-state index contributed by atoms with van der Waals surface area (Å²) in [7, 11) is 0.